The molecule has 0 aromatic carbocycles. The number of alkyl halides is 1. The van der Waals surface area contributed by atoms with E-state index in [0.29, 0.717) is 6.54 Å². The predicted molar refractivity (Wildman–Crippen MR) is 56.6 cm³/mol. The standard InChI is InChI=1S/C10H10FN5O/c11-10(8(13)17)2-4-16(6-10)9-14-3-1-7(5-12)15-9/h1,3H,2,4,6H2,(H2,13,17). The maximum Gasteiger partial charge on any atom is 0.257 e. The molecular formula is C10H10FN5O. The van der Waals surface area contributed by atoms with E-state index in [-0.39, 0.29) is 24.6 Å². The first-order valence-electron chi connectivity index (χ1n) is 5.02. The van der Waals surface area contributed by atoms with Crippen molar-refractivity contribution < 1.29 is 9.18 Å². The molecule has 1 atom stereocenters. The van der Waals surface area contributed by atoms with Crippen LogP contribution in [0.4, 0.5) is 10.3 Å². The number of hydrogen-bond donors (Lipinski definition) is 1. The van der Waals surface area contributed by atoms with Crippen LogP contribution in [0, 0.1) is 11.3 Å². The summed E-state index contributed by atoms with van der Waals surface area (Å²) in [6, 6.07) is 3.33. The van der Waals surface area contributed by atoms with Gasteiger partial charge in [-0.2, -0.15) is 5.26 Å². The molecule has 1 amide bonds. The highest BCUT2D eigenvalue weighted by Crippen LogP contribution is 2.27. The van der Waals surface area contributed by atoms with Crippen molar-refractivity contribution in [2.24, 2.45) is 5.73 Å². The van der Waals surface area contributed by atoms with Gasteiger partial charge in [0, 0.05) is 19.2 Å². The normalized spacial score (nSPS) is 23.4. The molecule has 1 aliphatic rings. The maximum absolute atomic E-state index is 13.9. The van der Waals surface area contributed by atoms with Gasteiger partial charge in [0.25, 0.3) is 5.91 Å². The van der Waals surface area contributed by atoms with Crippen molar-refractivity contribution >= 4 is 11.9 Å². The van der Waals surface area contributed by atoms with Crippen molar-refractivity contribution in [2.75, 3.05) is 18.0 Å². The van der Waals surface area contributed by atoms with E-state index in [1.54, 1.807) is 0 Å². The first kappa shape index (κ1) is 11.3. The number of nitrogens with zero attached hydrogens (tertiary/aromatic N) is 4. The molecule has 1 aromatic heterocycles. The van der Waals surface area contributed by atoms with E-state index in [1.807, 2.05) is 6.07 Å². The van der Waals surface area contributed by atoms with Crippen molar-refractivity contribution in [1.29, 1.82) is 5.26 Å². The first-order chi connectivity index (χ1) is 8.05. The Labute approximate surface area is 96.9 Å². The van der Waals surface area contributed by atoms with Crippen LogP contribution in [-0.4, -0.2) is 34.6 Å². The summed E-state index contributed by atoms with van der Waals surface area (Å²) in [6.45, 7) is 0.130. The summed E-state index contributed by atoms with van der Waals surface area (Å²) in [6.07, 6.45) is 1.44. The van der Waals surface area contributed by atoms with Crippen LogP contribution in [0.15, 0.2) is 12.3 Å². The van der Waals surface area contributed by atoms with E-state index in [0.717, 1.165) is 0 Å². The van der Waals surface area contributed by atoms with E-state index < -0.39 is 11.6 Å². The molecule has 7 heteroatoms. The molecule has 17 heavy (non-hydrogen) atoms. The minimum Gasteiger partial charge on any atom is -0.367 e. The van der Waals surface area contributed by atoms with E-state index in [4.69, 9.17) is 11.0 Å². The van der Waals surface area contributed by atoms with E-state index in [2.05, 4.69) is 9.97 Å². The number of halogens is 1. The Hall–Kier alpha value is -2.23. The van der Waals surface area contributed by atoms with Gasteiger partial charge in [0.05, 0.1) is 6.54 Å². The molecule has 88 valence electrons. The van der Waals surface area contributed by atoms with Crippen molar-refractivity contribution in [3.63, 3.8) is 0 Å². The number of rotatable bonds is 2. The summed E-state index contributed by atoms with van der Waals surface area (Å²) < 4.78 is 13.9. The van der Waals surface area contributed by atoms with Gasteiger partial charge in [-0.15, -0.1) is 0 Å². The second-order valence-corrected chi connectivity index (χ2v) is 3.85. The van der Waals surface area contributed by atoms with Crippen LogP contribution in [0.1, 0.15) is 12.1 Å². The van der Waals surface area contributed by atoms with Gasteiger partial charge in [0.2, 0.25) is 11.6 Å². The Morgan fingerprint density at radius 1 is 1.71 bits per heavy atom. The van der Waals surface area contributed by atoms with Gasteiger partial charge in [-0.3, -0.25) is 4.79 Å². The first-order valence-corrected chi connectivity index (χ1v) is 5.02. The number of nitriles is 1. The monoisotopic (exact) mass is 235 g/mol. The summed E-state index contributed by atoms with van der Waals surface area (Å²) >= 11 is 0. The summed E-state index contributed by atoms with van der Waals surface area (Å²) in [5, 5.41) is 8.69. The molecule has 2 heterocycles. The second kappa shape index (κ2) is 3.97. The van der Waals surface area contributed by atoms with Gasteiger partial charge in [0.15, 0.2) is 0 Å². The number of anilines is 1. The van der Waals surface area contributed by atoms with E-state index in [1.165, 1.54) is 17.2 Å². The summed E-state index contributed by atoms with van der Waals surface area (Å²) in [5.74, 6) is -0.735. The smallest absolute Gasteiger partial charge is 0.257 e. The van der Waals surface area contributed by atoms with Crippen LogP contribution in [0.3, 0.4) is 0 Å². The average molecular weight is 235 g/mol. The Kier molecular flexibility index (Phi) is 2.63. The van der Waals surface area contributed by atoms with E-state index >= 15 is 0 Å². The molecule has 1 unspecified atom stereocenters. The lowest BCUT2D eigenvalue weighted by Gasteiger charge is -2.17. The minimum atomic E-state index is -2.04. The number of aromatic nitrogens is 2. The fourth-order valence-electron chi connectivity index (χ4n) is 1.71. The number of hydrogen-bond acceptors (Lipinski definition) is 5. The number of carbonyl (C=O) groups is 1. The summed E-state index contributed by atoms with van der Waals surface area (Å²) in [4.78, 5) is 20.3. The molecule has 0 aliphatic carbocycles. The molecule has 0 saturated carbocycles. The molecule has 6 nitrogen and oxygen atoms in total. The van der Waals surface area contributed by atoms with Gasteiger partial charge in [-0.25, -0.2) is 14.4 Å². The lowest BCUT2D eigenvalue weighted by Crippen LogP contribution is -2.42. The molecule has 0 bridgehead atoms. The minimum absolute atomic E-state index is 0.0163. The Balaban J connectivity index is 2.21. The van der Waals surface area contributed by atoms with Gasteiger partial charge in [-0.05, 0) is 6.07 Å². The molecule has 0 spiro atoms. The highest BCUT2D eigenvalue weighted by Gasteiger charge is 2.44. The number of nitrogens with two attached hydrogens (primary N) is 1. The van der Waals surface area contributed by atoms with E-state index in [9.17, 15) is 9.18 Å². The van der Waals surface area contributed by atoms with Crippen LogP contribution < -0.4 is 10.6 Å². The maximum atomic E-state index is 13.9. The van der Waals surface area contributed by atoms with Crippen molar-refractivity contribution in [3.8, 4) is 6.07 Å². The Morgan fingerprint density at radius 2 is 2.47 bits per heavy atom. The number of primary amides is 1. The number of amides is 1. The third-order valence-corrected chi connectivity index (χ3v) is 2.70. The lowest BCUT2D eigenvalue weighted by molar-refractivity contribution is -0.128. The molecular weight excluding hydrogens is 225 g/mol. The van der Waals surface area contributed by atoms with Crippen LogP contribution >= 0.6 is 0 Å². The molecule has 1 fully saturated rings. The average Bonchev–Trinajstić information content (AvgIpc) is 2.74. The van der Waals surface area contributed by atoms with Gasteiger partial charge >= 0.3 is 0 Å². The zero-order chi connectivity index (χ0) is 12.5. The lowest BCUT2D eigenvalue weighted by atomic mass is 10.1. The van der Waals surface area contributed by atoms with Gasteiger partial charge in [-0.1, -0.05) is 0 Å². The Bertz CT molecular complexity index is 500. The van der Waals surface area contributed by atoms with Crippen molar-refractivity contribution in [3.05, 3.63) is 18.0 Å². The molecule has 1 saturated heterocycles. The number of carbonyl (C=O) groups excluding carboxylic acids is 1. The predicted octanol–water partition coefficient (Wildman–Crippen LogP) is -0.248. The van der Waals surface area contributed by atoms with Gasteiger partial charge < -0.3 is 10.6 Å². The van der Waals surface area contributed by atoms with Crippen LogP contribution in [0.2, 0.25) is 0 Å². The molecule has 1 aromatic rings. The molecule has 2 rings (SSSR count). The highest BCUT2D eigenvalue weighted by atomic mass is 19.1. The molecule has 1 aliphatic heterocycles. The molecule has 2 N–H and O–H groups in total. The zero-order valence-corrected chi connectivity index (χ0v) is 8.93. The quantitative estimate of drug-likeness (QED) is 0.762. The SMILES string of the molecule is N#Cc1ccnc(N2CCC(F)(C(N)=O)C2)n1. The second-order valence-electron chi connectivity index (χ2n) is 3.85. The summed E-state index contributed by atoms with van der Waals surface area (Å²) in [5.41, 5.74) is 3.16. The largest absolute Gasteiger partial charge is 0.367 e. The van der Waals surface area contributed by atoms with Crippen LogP contribution in [-0.2, 0) is 4.79 Å². The van der Waals surface area contributed by atoms with Crippen molar-refractivity contribution in [2.45, 2.75) is 12.1 Å². The van der Waals surface area contributed by atoms with Gasteiger partial charge in [0.1, 0.15) is 11.8 Å². The fraction of sp³-hybridized carbons (Fsp3) is 0.400. The highest BCUT2D eigenvalue weighted by molar-refractivity contribution is 5.84. The zero-order valence-electron chi connectivity index (χ0n) is 8.93. The third kappa shape index (κ3) is 2.01. The third-order valence-electron chi connectivity index (χ3n) is 2.70. The van der Waals surface area contributed by atoms with Crippen LogP contribution in [0.5, 0.6) is 0 Å². The topological polar surface area (TPSA) is 95.9 Å². The summed E-state index contributed by atoms with van der Waals surface area (Å²) in [7, 11) is 0. The Morgan fingerprint density at radius 3 is 3.06 bits per heavy atom. The van der Waals surface area contributed by atoms with Crippen LogP contribution in [0.25, 0.3) is 0 Å². The molecule has 0 radical (unpaired) electrons. The fourth-order valence-corrected chi connectivity index (χ4v) is 1.71. The van der Waals surface area contributed by atoms with Crippen molar-refractivity contribution in [1.82, 2.24) is 9.97 Å².